The molecule has 1 saturated heterocycles. The largest absolute Gasteiger partial charge is 0.344 e. The molecule has 1 N–H and O–H groups in total. The van der Waals surface area contributed by atoms with E-state index in [1.54, 1.807) is 0 Å². The second-order valence-corrected chi connectivity index (χ2v) is 7.00. The van der Waals surface area contributed by atoms with E-state index in [0.717, 1.165) is 19.3 Å². The third-order valence-electron chi connectivity index (χ3n) is 5.60. The number of amides is 2. The van der Waals surface area contributed by atoms with Gasteiger partial charge in [-0.15, -0.1) is 0 Å². The minimum atomic E-state index is -0.241. The van der Waals surface area contributed by atoms with Crippen LogP contribution in [0, 0.1) is 17.8 Å². The lowest BCUT2D eigenvalue weighted by molar-refractivity contribution is -0.138. The van der Waals surface area contributed by atoms with Gasteiger partial charge in [0.05, 0.1) is 0 Å². The molecular formula is C16H26N2O2. The monoisotopic (exact) mass is 278 g/mol. The van der Waals surface area contributed by atoms with Crippen molar-refractivity contribution in [3.8, 4) is 0 Å². The molecule has 2 amide bonds. The second kappa shape index (κ2) is 5.38. The summed E-state index contributed by atoms with van der Waals surface area (Å²) >= 11 is 0. The average molecular weight is 278 g/mol. The molecular weight excluding hydrogens is 252 g/mol. The van der Waals surface area contributed by atoms with Gasteiger partial charge in [0.15, 0.2) is 0 Å². The molecule has 0 aromatic heterocycles. The van der Waals surface area contributed by atoms with Crippen molar-refractivity contribution in [1.29, 1.82) is 0 Å². The molecule has 2 saturated carbocycles. The van der Waals surface area contributed by atoms with Gasteiger partial charge in [-0.05, 0) is 37.0 Å². The van der Waals surface area contributed by atoms with Crippen LogP contribution in [-0.2, 0) is 9.59 Å². The average Bonchev–Trinajstić information content (AvgIpc) is 3.24. The van der Waals surface area contributed by atoms with Crippen LogP contribution in [0.3, 0.4) is 0 Å². The summed E-state index contributed by atoms with van der Waals surface area (Å²) in [5, 5.41) is 2.96. The quantitative estimate of drug-likeness (QED) is 0.839. The lowest BCUT2D eigenvalue weighted by Crippen LogP contribution is -2.52. The molecule has 4 nitrogen and oxygen atoms in total. The predicted molar refractivity (Wildman–Crippen MR) is 77.0 cm³/mol. The molecule has 0 bridgehead atoms. The molecule has 0 aromatic carbocycles. The highest BCUT2D eigenvalue weighted by molar-refractivity contribution is 5.90. The third kappa shape index (κ3) is 2.57. The van der Waals surface area contributed by atoms with E-state index in [9.17, 15) is 9.59 Å². The van der Waals surface area contributed by atoms with E-state index in [4.69, 9.17) is 0 Å². The molecule has 0 radical (unpaired) electrons. The Morgan fingerprint density at radius 3 is 2.55 bits per heavy atom. The molecule has 4 unspecified atom stereocenters. The van der Waals surface area contributed by atoms with Crippen LogP contribution in [0.5, 0.6) is 0 Å². The molecule has 0 aromatic rings. The van der Waals surface area contributed by atoms with Crippen molar-refractivity contribution in [3.05, 3.63) is 0 Å². The minimum absolute atomic E-state index is 0.0502. The molecule has 2 aliphatic carbocycles. The van der Waals surface area contributed by atoms with Crippen LogP contribution in [-0.4, -0.2) is 35.3 Å². The fourth-order valence-electron chi connectivity index (χ4n) is 3.89. The van der Waals surface area contributed by atoms with Crippen LogP contribution in [0.4, 0.5) is 0 Å². The summed E-state index contributed by atoms with van der Waals surface area (Å²) < 4.78 is 0. The first-order chi connectivity index (χ1) is 9.58. The van der Waals surface area contributed by atoms with E-state index in [-0.39, 0.29) is 17.9 Å². The highest BCUT2D eigenvalue weighted by Crippen LogP contribution is 2.37. The van der Waals surface area contributed by atoms with Crippen molar-refractivity contribution in [1.82, 2.24) is 10.2 Å². The summed E-state index contributed by atoms with van der Waals surface area (Å²) in [5.41, 5.74) is 0. The predicted octanol–water partition coefficient (Wildman–Crippen LogP) is 1.94. The van der Waals surface area contributed by atoms with E-state index < -0.39 is 0 Å². The van der Waals surface area contributed by atoms with Gasteiger partial charge < -0.3 is 10.2 Å². The zero-order valence-corrected chi connectivity index (χ0v) is 12.6. The molecule has 3 aliphatic rings. The highest BCUT2D eigenvalue weighted by Gasteiger charge is 2.44. The Bertz CT molecular complexity index is 405. The molecule has 20 heavy (non-hydrogen) atoms. The number of hydrogen-bond acceptors (Lipinski definition) is 2. The lowest BCUT2D eigenvalue weighted by Gasteiger charge is -2.42. The maximum Gasteiger partial charge on any atom is 0.245 e. The normalized spacial score (nSPS) is 39.4. The number of nitrogens with one attached hydrogen (secondary N) is 1. The Hall–Kier alpha value is -1.06. The summed E-state index contributed by atoms with van der Waals surface area (Å²) in [6.07, 6.45) is 6.20. The van der Waals surface area contributed by atoms with E-state index in [1.807, 2.05) is 4.90 Å². The molecule has 4 atom stereocenters. The number of rotatable bonds is 2. The van der Waals surface area contributed by atoms with Crippen molar-refractivity contribution in [3.63, 3.8) is 0 Å². The topological polar surface area (TPSA) is 49.4 Å². The molecule has 0 spiro atoms. The summed E-state index contributed by atoms with van der Waals surface area (Å²) in [6, 6.07) is 0.0923. The third-order valence-corrected chi connectivity index (χ3v) is 5.60. The van der Waals surface area contributed by atoms with E-state index >= 15 is 0 Å². The Morgan fingerprint density at radius 1 is 1.10 bits per heavy atom. The maximum absolute atomic E-state index is 12.8. The first kappa shape index (κ1) is 13.9. The molecule has 3 fully saturated rings. The van der Waals surface area contributed by atoms with Gasteiger partial charge in [-0.25, -0.2) is 0 Å². The zero-order valence-electron chi connectivity index (χ0n) is 12.6. The van der Waals surface area contributed by atoms with Crippen molar-refractivity contribution in [2.45, 2.75) is 64.5 Å². The first-order valence-corrected chi connectivity index (χ1v) is 8.17. The van der Waals surface area contributed by atoms with Gasteiger partial charge in [-0.1, -0.05) is 26.7 Å². The van der Waals surface area contributed by atoms with Crippen LogP contribution in [0.25, 0.3) is 0 Å². The SMILES string of the molecule is CC1CCCC(N2CCC(=O)NC(C3CC3)C2=O)C1C. The van der Waals surface area contributed by atoms with Gasteiger partial charge in [-0.2, -0.15) is 0 Å². The summed E-state index contributed by atoms with van der Waals surface area (Å²) in [5.74, 6) is 1.84. The standard InChI is InChI=1S/C16H26N2O2/c1-10-4-3-5-13(11(10)2)18-9-8-14(19)17-15(16(18)20)12-6-7-12/h10-13,15H,3-9H2,1-2H3,(H,17,19). The Balaban J connectivity index is 1.79. The second-order valence-electron chi connectivity index (χ2n) is 7.00. The highest BCUT2D eigenvalue weighted by atomic mass is 16.2. The van der Waals surface area contributed by atoms with Crippen molar-refractivity contribution < 1.29 is 9.59 Å². The van der Waals surface area contributed by atoms with Crippen LogP contribution in [0.1, 0.15) is 52.4 Å². The number of carbonyl (C=O) groups excluding carboxylic acids is 2. The maximum atomic E-state index is 12.8. The van der Waals surface area contributed by atoms with Crippen LogP contribution >= 0.6 is 0 Å². The zero-order chi connectivity index (χ0) is 14.3. The van der Waals surface area contributed by atoms with Gasteiger partial charge in [0.1, 0.15) is 6.04 Å². The molecule has 4 heteroatoms. The number of hydrogen-bond donors (Lipinski definition) is 1. The van der Waals surface area contributed by atoms with Crippen molar-refractivity contribution >= 4 is 11.8 Å². The van der Waals surface area contributed by atoms with Crippen LogP contribution in [0.15, 0.2) is 0 Å². The summed E-state index contributed by atoms with van der Waals surface area (Å²) in [6.45, 7) is 5.17. The van der Waals surface area contributed by atoms with Gasteiger partial charge in [0.25, 0.3) is 0 Å². The lowest BCUT2D eigenvalue weighted by atomic mass is 9.77. The molecule has 3 rings (SSSR count). The smallest absolute Gasteiger partial charge is 0.245 e. The Kier molecular flexibility index (Phi) is 3.74. The number of nitrogens with zero attached hydrogens (tertiary/aromatic N) is 1. The van der Waals surface area contributed by atoms with Crippen LogP contribution in [0.2, 0.25) is 0 Å². The fraction of sp³-hybridized carbons (Fsp3) is 0.875. The molecule has 1 heterocycles. The fourth-order valence-corrected chi connectivity index (χ4v) is 3.89. The summed E-state index contributed by atoms with van der Waals surface area (Å²) in [4.78, 5) is 26.7. The summed E-state index contributed by atoms with van der Waals surface area (Å²) in [7, 11) is 0. The van der Waals surface area contributed by atoms with E-state index in [0.29, 0.717) is 36.8 Å². The Labute approximate surface area is 121 Å². The number of carbonyl (C=O) groups is 2. The van der Waals surface area contributed by atoms with E-state index in [2.05, 4.69) is 19.2 Å². The van der Waals surface area contributed by atoms with Crippen molar-refractivity contribution in [2.24, 2.45) is 17.8 Å². The van der Waals surface area contributed by atoms with Gasteiger partial charge >= 0.3 is 0 Å². The minimum Gasteiger partial charge on any atom is -0.344 e. The van der Waals surface area contributed by atoms with Crippen LogP contribution < -0.4 is 5.32 Å². The van der Waals surface area contributed by atoms with Gasteiger partial charge in [0, 0.05) is 19.0 Å². The Morgan fingerprint density at radius 2 is 1.85 bits per heavy atom. The van der Waals surface area contributed by atoms with Gasteiger partial charge in [0.2, 0.25) is 11.8 Å². The van der Waals surface area contributed by atoms with Crippen molar-refractivity contribution in [2.75, 3.05) is 6.54 Å². The first-order valence-electron chi connectivity index (χ1n) is 8.17. The molecule has 112 valence electrons. The molecule has 1 aliphatic heterocycles. The van der Waals surface area contributed by atoms with E-state index in [1.165, 1.54) is 12.8 Å². The van der Waals surface area contributed by atoms with Gasteiger partial charge in [-0.3, -0.25) is 9.59 Å².